The second-order valence-corrected chi connectivity index (χ2v) is 7.70. The van der Waals surface area contributed by atoms with Gasteiger partial charge >= 0.3 is 0 Å². The Balaban J connectivity index is 1.52. The Kier molecular flexibility index (Phi) is 4.71. The van der Waals surface area contributed by atoms with Crippen molar-refractivity contribution in [3.8, 4) is 6.07 Å². The van der Waals surface area contributed by atoms with Gasteiger partial charge in [-0.2, -0.15) is 5.26 Å². The van der Waals surface area contributed by atoms with Crippen molar-refractivity contribution in [2.45, 2.75) is 45.8 Å². The highest BCUT2D eigenvalue weighted by Gasteiger charge is 2.41. The van der Waals surface area contributed by atoms with Crippen LogP contribution in [-0.4, -0.2) is 40.0 Å². The summed E-state index contributed by atoms with van der Waals surface area (Å²) in [6.45, 7) is 6.84. The lowest BCUT2D eigenvalue weighted by molar-refractivity contribution is -0.140. The van der Waals surface area contributed by atoms with Crippen molar-refractivity contribution in [1.82, 2.24) is 15.0 Å². The molecule has 1 aromatic carbocycles. The molecule has 2 atom stereocenters. The first-order valence-electron chi connectivity index (χ1n) is 9.48. The number of benzene rings is 1. The van der Waals surface area contributed by atoms with Crippen LogP contribution >= 0.6 is 0 Å². The Morgan fingerprint density at radius 1 is 1.26 bits per heavy atom. The van der Waals surface area contributed by atoms with Crippen LogP contribution in [0.2, 0.25) is 0 Å². The minimum Gasteiger partial charge on any atom is -0.361 e. The molecule has 0 saturated carbocycles. The van der Waals surface area contributed by atoms with E-state index in [-0.39, 0.29) is 17.9 Å². The van der Waals surface area contributed by atoms with E-state index in [0.717, 1.165) is 55.1 Å². The molecule has 27 heavy (non-hydrogen) atoms. The van der Waals surface area contributed by atoms with Gasteiger partial charge in [-0.3, -0.25) is 9.69 Å². The zero-order valence-corrected chi connectivity index (χ0v) is 15.8. The summed E-state index contributed by atoms with van der Waals surface area (Å²) in [6.07, 6.45) is 1.99. The molecule has 1 amide bonds. The number of hydrogen-bond acceptors (Lipinski definition) is 5. The third-order valence-electron chi connectivity index (χ3n) is 5.84. The van der Waals surface area contributed by atoms with Crippen molar-refractivity contribution in [2.75, 3.05) is 13.1 Å². The number of nitrogens with zero attached hydrogens (tertiary/aromatic N) is 4. The van der Waals surface area contributed by atoms with Crippen LogP contribution in [-0.2, 0) is 17.9 Å². The van der Waals surface area contributed by atoms with E-state index in [1.807, 2.05) is 36.9 Å². The number of rotatable bonds is 4. The Bertz CT molecular complexity index is 878. The van der Waals surface area contributed by atoms with Crippen molar-refractivity contribution in [2.24, 2.45) is 5.92 Å². The Morgan fingerprint density at radius 2 is 2.11 bits per heavy atom. The molecule has 4 heterocycles. The molecule has 3 fully saturated rings. The summed E-state index contributed by atoms with van der Waals surface area (Å²) in [6, 6.07) is 10.2. The fraction of sp³-hybridized carbons (Fsp3) is 0.476. The number of amides is 1. The zero-order chi connectivity index (χ0) is 19.0. The SMILES string of the molecule is Cc1noc(C)c1CN1C(=O)[C@H]2CC[C@@H]1CN(Cc1cccc(C#N)c1)C2. The molecule has 3 aliphatic heterocycles. The van der Waals surface area contributed by atoms with E-state index >= 15 is 0 Å². The highest BCUT2D eigenvalue weighted by atomic mass is 16.5. The summed E-state index contributed by atoms with van der Waals surface area (Å²) in [7, 11) is 0. The van der Waals surface area contributed by atoms with Gasteiger partial charge in [-0.05, 0) is 44.4 Å². The molecule has 2 aromatic rings. The van der Waals surface area contributed by atoms with Crippen molar-refractivity contribution in [3.63, 3.8) is 0 Å². The third kappa shape index (κ3) is 3.47. The lowest BCUT2D eigenvalue weighted by atomic mass is 9.93. The summed E-state index contributed by atoms with van der Waals surface area (Å²) in [4.78, 5) is 17.5. The maximum atomic E-state index is 13.1. The molecule has 3 aliphatic rings. The van der Waals surface area contributed by atoms with Gasteiger partial charge in [-0.25, -0.2) is 0 Å². The summed E-state index contributed by atoms with van der Waals surface area (Å²) in [5.41, 5.74) is 3.70. The summed E-state index contributed by atoms with van der Waals surface area (Å²) in [5, 5.41) is 13.1. The molecule has 6 heteroatoms. The second-order valence-electron chi connectivity index (χ2n) is 7.70. The van der Waals surface area contributed by atoms with Crippen LogP contribution in [0.5, 0.6) is 0 Å². The number of aryl methyl sites for hydroxylation is 2. The molecule has 0 unspecified atom stereocenters. The maximum absolute atomic E-state index is 13.1. The van der Waals surface area contributed by atoms with E-state index in [0.29, 0.717) is 12.1 Å². The monoisotopic (exact) mass is 364 g/mol. The van der Waals surface area contributed by atoms with Crippen LogP contribution in [0, 0.1) is 31.1 Å². The minimum absolute atomic E-state index is 0.0448. The van der Waals surface area contributed by atoms with Crippen LogP contribution in [0.15, 0.2) is 28.8 Å². The number of carbonyl (C=O) groups excluding carboxylic acids is 1. The van der Waals surface area contributed by atoms with E-state index in [1.54, 1.807) is 0 Å². The number of hydrogen-bond donors (Lipinski definition) is 0. The fourth-order valence-electron chi connectivity index (χ4n) is 4.36. The maximum Gasteiger partial charge on any atom is 0.227 e. The summed E-state index contributed by atoms with van der Waals surface area (Å²) in [5.74, 6) is 1.09. The first-order chi connectivity index (χ1) is 13.0. The van der Waals surface area contributed by atoms with Crippen molar-refractivity contribution >= 4 is 5.91 Å². The molecular weight excluding hydrogens is 340 g/mol. The van der Waals surface area contributed by atoms with Crippen molar-refractivity contribution < 1.29 is 9.32 Å². The van der Waals surface area contributed by atoms with Crippen LogP contribution < -0.4 is 0 Å². The molecular formula is C21H24N4O2. The molecule has 0 N–H and O–H groups in total. The molecule has 0 aliphatic carbocycles. The highest BCUT2D eigenvalue weighted by Crippen LogP contribution is 2.32. The first kappa shape index (κ1) is 17.7. The second kappa shape index (κ2) is 7.16. The van der Waals surface area contributed by atoms with Gasteiger partial charge in [0, 0.05) is 31.2 Å². The van der Waals surface area contributed by atoms with Crippen LogP contribution in [0.25, 0.3) is 0 Å². The van der Waals surface area contributed by atoms with Crippen LogP contribution in [0.1, 0.15) is 41.0 Å². The lowest BCUT2D eigenvalue weighted by Gasteiger charge is -2.36. The van der Waals surface area contributed by atoms with Gasteiger partial charge in [-0.15, -0.1) is 0 Å². The van der Waals surface area contributed by atoms with Crippen molar-refractivity contribution in [3.05, 3.63) is 52.4 Å². The van der Waals surface area contributed by atoms with Gasteiger partial charge in [0.25, 0.3) is 0 Å². The highest BCUT2D eigenvalue weighted by molar-refractivity contribution is 5.80. The van der Waals surface area contributed by atoms with E-state index < -0.39 is 0 Å². The molecule has 1 aromatic heterocycles. The average molecular weight is 364 g/mol. The van der Waals surface area contributed by atoms with Crippen molar-refractivity contribution in [1.29, 1.82) is 5.26 Å². The third-order valence-corrected chi connectivity index (χ3v) is 5.84. The Morgan fingerprint density at radius 3 is 2.85 bits per heavy atom. The van der Waals surface area contributed by atoms with Gasteiger partial charge in [0.2, 0.25) is 5.91 Å². The molecule has 0 radical (unpaired) electrons. The Hall–Kier alpha value is -2.65. The summed E-state index contributed by atoms with van der Waals surface area (Å²) >= 11 is 0. The van der Waals surface area contributed by atoms with Gasteiger partial charge < -0.3 is 9.42 Å². The predicted molar refractivity (Wildman–Crippen MR) is 99.5 cm³/mol. The van der Waals surface area contributed by atoms with E-state index in [2.05, 4.69) is 22.2 Å². The molecule has 3 saturated heterocycles. The molecule has 0 spiro atoms. The number of piperidine rings is 1. The fourth-order valence-corrected chi connectivity index (χ4v) is 4.36. The number of carbonyl (C=O) groups is 1. The topological polar surface area (TPSA) is 73.4 Å². The van der Waals surface area contributed by atoms with E-state index in [1.165, 1.54) is 0 Å². The van der Waals surface area contributed by atoms with E-state index in [9.17, 15) is 4.79 Å². The molecule has 140 valence electrons. The molecule has 2 bridgehead atoms. The summed E-state index contributed by atoms with van der Waals surface area (Å²) < 4.78 is 5.28. The quantitative estimate of drug-likeness (QED) is 0.834. The van der Waals surface area contributed by atoms with Gasteiger partial charge in [0.1, 0.15) is 5.76 Å². The largest absolute Gasteiger partial charge is 0.361 e. The van der Waals surface area contributed by atoms with Crippen LogP contribution in [0.4, 0.5) is 0 Å². The smallest absolute Gasteiger partial charge is 0.227 e. The Labute approximate surface area is 159 Å². The number of nitriles is 1. The van der Waals surface area contributed by atoms with Gasteiger partial charge in [0.05, 0.1) is 29.8 Å². The van der Waals surface area contributed by atoms with E-state index in [4.69, 9.17) is 9.78 Å². The average Bonchev–Trinajstić information content (AvgIpc) is 2.83. The molecule has 5 rings (SSSR count). The molecule has 6 nitrogen and oxygen atoms in total. The lowest BCUT2D eigenvalue weighted by Crippen LogP contribution is -2.47. The van der Waals surface area contributed by atoms with Crippen LogP contribution in [0.3, 0.4) is 0 Å². The number of fused-ring (bicyclic) bond motifs is 4. The van der Waals surface area contributed by atoms with Gasteiger partial charge in [-0.1, -0.05) is 17.3 Å². The number of aromatic nitrogens is 1. The zero-order valence-electron chi connectivity index (χ0n) is 15.8. The normalized spacial score (nSPS) is 22.7. The predicted octanol–water partition coefficient (Wildman–Crippen LogP) is 2.79. The van der Waals surface area contributed by atoms with Gasteiger partial charge in [0.15, 0.2) is 0 Å². The standard InChI is InChI=1S/C21H24N4O2/c1-14-20(15(2)27-23-14)13-25-19-7-6-18(21(25)26)11-24(12-19)10-17-5-3-4-16(8-17)9-22/h3-5,8,18-19H,6-7,10-13H2,1-2H3/t18-,19+/m0/s1. The minimum atomic E-state index is 0.0448. The first-order valence-corrected chi connectivity index (χ1v) is 9.48.